The molecule has 0 radical (unpaired) electrons. The molecule has 0 aliphatic heterocycles. The second-order valence-electron chi connectivity index (χ2n) is 5.64. The molecule has 3 rings (SSSR count). The van der Waals surface area contributed by atoms with E-state index in [1.165, 1.54) is 12.3 Å². The molecule has 0 fully saturated rings. The minimum atomic E-state index is -2.62. The number of alkyl halides is 2. The molecular weight excluding hydrogens is 290 g/mol. The zero-order valence-corrected chi connectivity index (χ0v) is 12.1. The van der Waals surface area contributed by atoms with Crippen molar-refractivity contribution in [1.29, 1.82) is 0 Å². The number of aromatic amines is 1. The average Bonchev–Trinajstić information content (AvgIpc) is 2.90. The lowest BCUT2D eigenvalue weighted by Crippen LogP contribution is -2.18. The number of fused-ring (bicyclic) bond motifs is 1. The van der Waals surface area contributed by atoms with Gasteiger partial charge in [0, 0.05) is 23.0 Å². The topological polar surface area (TPSA) is 70.7 Å². The van der Waals surface area contributed by atoms with Gasteiger partial charge in [-0.15, -0.1) is 0 Å². The third-order valence-electron chi connectivity index (χ3n) is 3.88. The van der Waals surface area contributed by atoms with Gasteiger partial charge in [0.15, 0.2) is 5.69 Å². The summed E-state index contributed by atoms with van der Waals surface area (Å²) in [6.07, 6.45) is 2.53. The van der Waals surface area contributed by atoms with Crippen LogP contribution < -0.4 is 5.32 Å². The highest BCUT2D eigenvalue weighted by Crippen LogP contribution is 2.27. The summed E-state index contributed by atoms with van der Waals surface area (Å²) in [7, 11) is 0. The molecule has 1 atom stereocenters. The second-order valence-corrected chi connectivity index (χ2v) is 5.64. The van der Waals surface area contributed by atoms with Crippen LogP contribution >= 0.6 is 0 Å². The smallest absolute Gasteiger partial charge is 0.276 e. The Kier molecular flexibility index (Phi) is 3.87. The van der Waals surface area contributed by atoms with Crippen molar-refractivity contribution in [2.24, 2.45) is 5.92 Å². The highest BCUT2D eigenvalue weighted by Gasteiger charge is 2.25. The van der Waals surface area contributed by atoms with Crippen molar-refractivity contribution in [3.8, 4) is 0 Å². The summed E-state index contributed by atoms with van der Waals surface area (Å²) in [5.74, 6) is 0.0975. The number of aryl methyl sites for hydroxylation is 1. The number of nitrogens with zero attached hydrogens (tertiary/aromatic N) is 2. The lowest BCUT2D eigenvalue weighted by atomic mass is 9.87. The Morgan fingerprint density at radius 1 is 1.45 bits per heavy atom. The maximum Gasteiger partial charge on any atom is 0.276 e. The lowest BCUT2D eigenvalue weighted by molar-refractivity contribution is 0.102. The Morgan fingerprint density at radius 2 is 2.27 bits per heavy atom. The zero-order valence-electron chi connectivity index (χ0n) is 12.1. The quantitative estimate of drug-likeness (QED) is 0.915. The van der Waals surface area contributed by atoms with Gasteiger partial charge in [0.2, 0.25) is 0 Å². The van der Waals surface area contributed by atoms with E-state index >= 15 is 0 Å². The predicted molar refractivity (Wildman–Crippen MR) is 76.9 cm³/mol. The van der Waals surface area contributed by atoms with Gasteiger partial charge < -0.3 is 5.32 Å². The normalized spacial score (nSPS) is 17.4. The molecule has 0 saturated heterocycles. The summed E-state index contributed by atoms with van der Waals surface area (Å²) in [6.45, 7) is 2.13. The minimum Gasteiger partial charge on any atom is -0.319 e. The molecule has 2 N–H and O–H groups in total. The van der Waals surface area contributed by atoms with Crippen molar-refractivity contribution in [2.75, 3.05) is 5.32 Å². The Hall–Kier alpha value is -2.31. The van der Waals surface area contributed by atoms with Crippen LogP contribution in [0.15, 0.2) is 18.5 Å². The average molecular weight is 306 g/mol. The first kappa shape index (κ1) is 14.6. The number of carbonyl (C=O) groups is 1. The van der Waals surface area contributed by atoms with Crippen LogP contribution in [-0.4, -0.2) is 21.1 Å². The van der Waals surface area contributed by atoms with Gasteiger partial charge in [-0.05, 0) is 31.2 Å². The van der Waals surface area contributed by atoms with Crippen molar-refractivity contribution in [2.45, 2.75) is 32.6 Å². The molecular formula is C15H16F2N4O. The van der Waals surface area contributed by atoms with E-state index in [2.05, 4.69) is 27.4 Å². The molecule has 0 bridgehead atoms. The van der Waals surface area contributed by atoms with Crippen molar-refractivity contribution in [3.63, 3.8) is 0 Å². The summed E-state index contributed by atoms with van der Waals surface area (Å²) < 4.78 is 25.3. The van der Waals surface area contributed by atoms with E-state index in [0.29, 0.717) is 11.6 Å². The van der Waals surface area contributed by atoms with Crippen molar-refractivity contribution in [3.05, 3.63) is 41.0 Å². The molecule has 5 nitrogen and oxygen atoms in total. The molecule has 1 unspecified atom stereocenters. The standard InChI is InChI=1S/C15H16F2N4O/c1-8-2-3-12-11(4-8)13(21-20-12)15(22)19-10-5-9(14(16)17)6-18-7-10/h5-8,14H,2-4H2,1H3,(H,19,22)(H,20,21). The van der Waals surface area contributed by atoms with E-state index in [0.717, 1.165) is 36.7 Å². The molecule has 1 aliphatic rings. The molecule has 0 aromatic carbocycles. The number of nitrogens with one attached hydrogen (secondary N) is 2. The SMILES string of the molecule is CC1CCc2[nH]nc(C(=O)Nc3cncc(C(F)F)c3)c2C1. The number of anilines is 1. The Labute approximate surface area is 126 Å². The molecule has 7 heteroatoms. The van der Waals surface area contributed by atoms with Crippen LogP contribution in [0.2, 0.25) is 0 Å². The van der Waals surface area contributed by atoms with Gasteiger partial charge in [0.25, 0.3) is 12.3 Å². The maximum absolute atomic E-state index is 12.7. The number of H-pyrrole nitrogens is 1. The zero-order chi connectivity index (χ0) is 15.7. The van der Waals surface area contributed by atoms with Crippen molar-refractivity contribution < 1.29 is 13.6 Å². The lowest BCUT2D eigenvalue weighted by Gasteiger charge is -2.18. The number of aromatic nitrogens is 3. The number of hydrogen-bond acceptors (Lipinski definition) is 3. The van der Waals surface area contributed by atoms with E-state index in [9.17, 15) is 13.6 Å². The highest BCUT2D eigenvalue weighted by molar-refractivity contribution is 6.04. The number of rotatable bonds is 3. The fraction of sp³-hybridized carbons (Fsp3) is 0.400. The third-order valence-corrected chi connectivity index (χ3v) is 3.88. The summed E-state index contributed by atoms with van der Waals surface area (Å²) in [6, 6.07) is 1.22. The molecule has 2 heterocycles. The highest BCUT2D eigenvalue weighted by atomic mass is 19.3. The molecule has 2 aromatic heterocycles. The van der Waals surface area contributed by atoms with Crippen molar-refractivity contribution >= 4 is 11.6 Å². The number of carbonyl (C=O) groups excluding carboxylic acids is 1. The van der Waals surface area contributed by atoms with Gasteiger partial charge in [0.1, 0.15) is 0 Å². The molecule has 1 aliphatic carbocycles. The Morgan fingerprint density at radius 3 is 3.05 bits per heavy atom. The van der Waals surface area contributed by atoms with Gasteiger partial charge >= 0.3 is 0 Å². The van der Waals surface area contributed by atoms with Gasteiger partial charge in [0.05, 0.1) is 11.9 Å². The van der Waals surface area contributed by atoms with Gasteiger partial charge in [-0.1, -0.05) is 6.92 Å². The largest absolute Gasteiger partial charge is 0.319 e. The Balaban J connectivity index is 1.81. The van der Waals surface area contributed by atoms with Gasteiger partial charge in [-0.3, -0.25) is 14.9 Å². The maximum atomic E-state index is 12.7. The number of halogens is 2. The van der Waals surface area contributed by atoms with Crippen LogP contribution in [0.1, 0.15) is 47.1 Å². The first-order valence-corrected chi connectivity index (χ1v) is 7.15. The van der Waals surface area contributed by atoms with E-state index in [1.807, 2.05) is 0 Å². The molecule has 22 heavy (non-hydrogen) atoms. The van der Waals surface area contributed by atoms with E-state index < -0.39 is 12.3 Å². The molecule has 2 aromatic rings. The van der Waals surface area contributed by atoms with Crippen LogP contribution in [0, 0.1) is 5.92 Å². The van der Waals surface area contributed by atoms with Gasteiger partial charge in [-0.25, -0.2) is 8.78 Å². The van der Waals surface area contributed by atoms with Crippen LogP contribution in [0.4, 0.5) is 14.5 Å². The fourth-order valence-corrected chi connectivity index (χ4v) is 2.69. The van der Waals surface area contributed by atoms with E-state index in [4.69, 9.17) is 0 Å². The summed E-state index contributed by atoms with van der Waals surface area (Å²) in [5, 5.41) is 9.56. The van der Waals surface area contributed by atoms with Gasteiger partial charge in [-0.2, -0.15) is 5.10 Å². The first-order chi connectivity index (χ1) is 10.5. The van der Waals surface area contributed by atoms with Crippen LogP contribution in [0.3, 0.4) is 0 Å². The molecule has 116 valence electrons. The number of pyridine rings is 1. The molecule has 0 spiro atoms. The van der Waals surface area contributed by atoms with Crippen LogP contribution in [0.5, 0.6) is 0 Å². The van der Waals surface area contributed by atoms with Crippen LogP contribution in [-0.2, 0) is 12.8 Å². The minimum absolute atomic E-state index is 0.226. The summed E-state index contributed by atoms with van der Waals surface area (Å²) in [4.78, 5) is 16.0. The van der Waals surface area contributed by atoms with Crippen molar-refractivity contribution in [1.82, 2.24) is 15.2 Å². The second kappa shape index (κ2) is 5.82. The van der Waals surface area contributed by atoms with E-state index in [1.54, 1.807) is 0 Å². The first-order valence-electron chi connectivity index (χ1n) is 7.15. The molecule has 1 amide bonds. The van der Waals surface area contributed by atoms with E-state index in [-0.39, 0.29) is 11.3 Å². The summed E-state index contributed by atoms with van der Waals surface area (Å²) in [5.41, 5.74) is 2.26. The fourth-order valence-electron chi connectivity index (χ4n) is 2.69. The number of hydrogen-bond donors (Lipinski definition) is 2. The third kappa shape index (κ3) is 2.84. The monoisotopic (exact) mass is 306 g/mol. The summed E-state index contributed by atoms with van der Waals surface area (Å²) >= 11 is 0. The predicted octanol–water partition coefficient (Wildman–Crippen LogP) is 3.12. The molecule has 0 saturated carbocycles. The number of amides is 1. The Bertz CT molecular complexity index is 699. The van der Waals surface area contributed by atoms with Crippen LogP contribution in [0.25, 0.3) is 0 Å².